The summed E-state index contributed by atoms with van der Waals surface area (Å²) >= 11 is 0. The number of hydrogen-bond acceptors (Lipinski definition) is 8. The number of para-hydroxylation sites is 1. The molecule has 0 saturated carbocycles. The van der Waals surface area contributed by atoms with E-state index in [2.05, 4.69) is 30.9 Å². The molecule has 138 valence electrons. The summed E-state index contributed by atoms with van der Waals surface area (Å²) in [6.45, 7) is 4.54. The first-order chi connectivity index (χ1) is 12.5. The van der Waals surface area contributed by atoms with Gasteiger partial charge in [-0.2, -0.15) is 9.97 Å². The van der Waals surface area contributed by atoms with Crippen molar-refractivity contribution in [2.45, 2.75) is 26.4 Å². The van der Waals surface area contributed by atoms with Crippen LogP contribution < -0.4 is 16.4 Å². The summed E-state index contributed by atoms with van der Waals surface area (Å²) in [7, 11) is 1.77. The van der Waals surface area contributed by atoms with Gasteiger partial charge in [-0.25, -0.2) is 4.68 Å². The number of anilines is 3. The van der Waals surface area contributed by atoms with Gasteiger partial charge in [0.25, 0.3) is 0 Å². The number of nitrogen functional groups attached to an aromatic ring is 1. The molecule has 3 aromatic rings. The molecule has 1 atom stereocenters. The van der Waals surface area contributed by atoms with Gasteiger partial charge in [-0.05, 0) is 17.5 Å². The highest BCUT2D eigenvalue weighted by atomic mass is 16.3. The van der Waals surface area contributed by atoms with Crippen molar-refractivity contribution in [1.29, 1.82) is 0 Å². The summed E-state index contributed by atoms with van der Waals surface area (Å²) in [5, 5.41) is 24.2. The summed E-state index contributed by atoms with van der Waals surface area (Å²) < 4.78 is 1.59. The quantitative estimate of drug-likeness (QED) is 0.468. The lowest BCUT2D eigenvalue weighted by atomic mass is 10.1. The van der Waals surface area contributed by atoms with Crippen LogP contribution in [0.2, 0.25) is 0 Å². The number of nitrogens with zero attached hydrogens (tertiary/aromatic N) is 5. The fourth-order valence-corrected chi connectivity index (χ4v) is 2.57. The predicted octanol–water partition coefficient (Wildman–Crippen LogP) is 1.38. The van der Waals surface area contributed by atoms with Crippen LogP contribution in [0.1, 0.15) is 19.4 Å². The van der Waals surface area contributed by atoms with Gasteiger partial charge >= 0.3 is 0 Å². The molecule has 0 spiro atoms. The van der Waals surface area contributed by atoms with Crippen LogP contribution in [-0.2, 0) is 13.6 Å². The van der Waals surface area contributed by atoms with Gasteiger partial charge in [-0.15, -0.1) is 5.10 Å². The first kappa shape index (κ1) is 17.9. The SMILES string of the molecule is CC(C)C(CO)Nc1nc(NCc2ccccc2N)c2nnn(C)c2n1. The minimum absolute atomic E-state index is 0.00793. The fraction of sp³-hybridized carbons (Fsp3) is 0.412. The normalized spacial score (nSPS) is 12.5. The van der Waals surface area contributed by atoms with Crippen molar-refractivity contribution in [1.82, 2.24) is 25.0 Å². The second-order valence-electron chi connectivity index (χ2n) is 6.51. The molecule has 0 aliphatic rings. The smallest absolute Gasteiger partial charge is 0.227 e. The topological polar surface area (TPSA) is 127 Å². The molecule has 9 heteroatoms. The first-order valence-corrected chi connectivity index (χ1v) is 8.51. The van der Waals surface area contributed by atoms with Gasteiger partial charge in [0.15, 0.2) is 17.0 Å². The summed E-state index contributed by atoms with van der Waals surface area (Å²) in [5.74, 6) is 1.21. The molecule has 0 aliphatic heterocycles. The number of nitrogens with one attached hydrogen (secondary N) is 2. The number of nitrogens with two attached hydrogens (primary N) is 1. The lowest BCUT2D eigenvalue weighted by Crippen LogP contribution is -2.30. The van der Waals surface area contributed by atoms with Gasteiger partial charge in [-0.3, -0.25) is 0 Å². The van der Waals surface area contributed by atoms with E-state index in [-0.39, 0.29) is 18.6 Å². The predicted molar refractivity (Wildman–Crippen MR) is 102 cm³/mol. The molecule has 0 aliphatic carbocycles. The number of hydrogen-bond donors (Lipinski definition) is 4. The van der Waals surface area contributed by atoms with E-state index in [1.807, 2.05) is 38.1 Å². The maximum Gasteiger partial charge on any atom is 0.227 e. The maximum atomic E-state index is 9.56. The molecule has 26 heavy (non-hydrogen) atoms. The Bertz CT molecular complexity index is 892. The maximum absolute atomic E-state index is 9.56. The number of aromatic nitrogens is 5. The molecule has 3 rings (SSSR count). The summed E-state index contributed by atoms with van der Waals surface area (Å²) in [4.78, 5) is 9.01. The van der Waals surface area contributed by atoms with Crippen LogP contribution in [0.4, 0.5) is 17.5 Å². The first-order valence-electron chi connectivity index (χ1n) is 8.51. The Morgan fingerprint density at radius 3 is 2.69 bits per heavy atom. The molecule has 0 fully saturated rings. The van der Waals surface area contributed by atoms with Crippen molar-refractivity contribution in [3.8, 4) is 0 Å². The Morgan fingerprint density at radius 2 is 2.00 bits per heavy atom. The standard InChI is InChI=1S/C17H24N8O/c1-10(2)13(9-26)20-17-21-15(14-16(22-17)25(3)24-23-14)19-8-11-6-4-5-7-12(11)18/h4-7,10,13,26H,8-9,18H2,1-3H3,(H2,19,20,21,22). The number of rotatable bonds is 7. The highest BCUT2D eigenvalue weighted by Gasteiger charge is 2.17. The Hall–Kier alpha value is -2.94. The average molecular weight is 356 g/mol. The zero-order chi connectivity index (χ0) is 18.7. The highest BCUT2D eigenvalue weighted by Crippen LogP contribution is 2.22. The third-order valence-corrected chi connectivity index (χ3v) is 4.27. The van der Waals surface area contributed by atoms with Crippen molar-refractivity contribution in [2.75, 3.05) is 23.0 Å². The fourth-order valence-electron chi connectivity index (χ4n) is 2.57. The zero-order valence-corrected chi connectivity index (χ0v) is 15.1. The molecule has 2 aromatic heterocycles. The third-order valence-electron chi connectivity index (χ3n) is 4.27. The molecule has 0 saturated heterocycles. The van der Waals surface area contributed by atoms with Gasteiger partial charge < -0.3 is 21.5 Å². The summed E-state index contributed by atoms with van der Waals surface area (Å²) in [6.07, 6.45) is 0. The van der Waals surface area contributed by atoms with E-state index in [4.69, 9.17) is 5.73 Å². The minimum atomic E-state index is -0.147. The van der Waals surface area contributed by atoms with Gasteiger partial charge in [0, 0.05) is 19.3 Å². The number of benzene rings is 1. The molecule has 1 aromatic carbocycles. The van der Waals surface area contributed by atoms with Gasteiger partial charge in [-0.1, -0.05) is 37.3 Å². The lowest BCUT2D eigenvalue weighted by molar-refractivity contribution is 0.248. The summed E-state index contributed by atoms with van der Waals surface area (Å²) in [5.41, 5.74) is 8.86. The Morgan fingerprint density at radius 1 is 1.23 bits per heavy atom. The lowest BCUT2D eigenvalue weighted by Gasteiger charge is -2.20. The van der Waals surface area contributed by atoms with Crippen LogP contribution in [0.3, 0.4) is 0 Å². The van der Waals surface area contributed by atoms with E-state index < -0.39 is 0 Å². The number of aliphatic hydroxyl groups excluding tert-OH is 1. The van der Waals surface area contributed by atoms with Crippen LogP contribution in [0, 0.1) is 5.92 Å². The Kier molecular flexibility index (Phi) is 5.17. The zero-order valence-electron chi connectivity index (χ0n) is 15.1. The van der Waals surface area contributed by atoms with Crippen molar-refractivity contribution >= 4 is 28.6 Å². The second-order valence-corrected chi connectivity index (χ2v) is 6.51. The number of aliphatic hydroxyl groups is 1. The minimum Gasteiger partial charge on any atom is -0.398 e. The Balaban J connectivity index is 1.91. The van der Waals surface area contributed by atoms with E-state index in [0.717, 1.165) is 5.56 Å². The average Bonchev–Trinajstić information content (AvgIpc) is 3.00. The van der Waals surface area contributed by atoms with Gasteiger partial charge in [0.1, 0.15) is 0 Å². The third kappa shape index (κ3) is 3.67. The molecule has 2 heterocycles. The number of aryl methyl sites for hydroxylation is 1. The molecule has 1 unspecified atom stereocenters. The van der Waals surface area contributed by atoms with E-state index >= 15 is 0 Å². The highest BCUT2D eigenvalue weighted by molar-refractivity contribution is 5.83. The van der Waals surface area contributed by atoms with E-state index in [1.54, 1.807) is 11.7 Å². The molecule has 0 bridgehead atoms. The molecule has 9 nitrogen and oxygen atoms in total. The van der Waals surface area contributed by atoms with Crippen molar-refractivity contribution in [3.63, 3.8) is 0 Å². The van der Waals surface area contributed by atoms with Crippen molar-refractivity contribution in [2.24, 2.45) is 13.0 Å². The van der Waals surface area contributed by atoms with Crippen LogP contribution >= 0.6 is 0 Å². The molecular weight excluding hydrogens is 332 g/mol. The van der Waals surface area contributed by atoms with E-state index in [1.165, 1.54) is 0 Å². The van der Waals surface area contributed by atoms with Crippen LogP contribution in [-0.4, -0.2) is 42.7 Å². The van der Waals surface area contributed by atoms with Crippen molar-refractivity contribution < 1.29 is 5.11 Å². The molecule has 0 radical (unpaired) electrons. The van der Waals surface area contributed by atoms with Crippen molar-refractivity contribution in [3.05, 3.63) is 29.8 Å². The summed E-state index contributed by atoms with van der Waals surface area (Å²) in [6, 6.07) is 7.50. The molecule has 0 amide bonds. The van der Waals surface area contributed by atoms with Crippen LogP contribution in [0.5, 0.6) is 0 Å². The van der Waals surface area contributed by atoms with Crippen LogP contribution in [0.15, 0.2) is 24.3 Å². The molecular formula is C17H24N8O. The van der Waals surface area contributed by atoms with Gasteiger partial charge in [0.05, 0.1) is 12.6 Å². The Labute approximate surface area is 151 Å². The van der Waals surface area contributed by atoms with Crippen LogP contribution in [0.25, 0.3) is 11.2 Å². The molecule has 5 N–H and O–H groups in total. The monoisotopic (exact) mass is 356 g/mol. The van der Waals surface area contributed by atoms with E-state index in [9.17, 15) is 5.11 Å². The number of fused-ring (bicyclic) bond motifs is 1. The largest absolute Gasteiger partial charge is 0.398 e. The van der Waals surface area contributed by atoms with E-state index in [0.29, 0.717) is 35.2 Å². The second kappa shape index (κ2) is 7.52. The van der Waals surface area contributed by atoms with Gasteiger partial charge in [0.2, 0.25) is 5.95 Å².